The number of thiophene rings is 1. The van der Waals surface area contributed by atoms with Crippen molar-refractivity contribution in [3.8, 4) is 0 Å². The molecule has 4 nitrogen and oxygen atoms in total. The largest absolute Gasteiger partial charge is 0.329 e. The highest BCUT2D eigenvalue weighted by atomic mass is 35.5. The molecule has 0 bridgehead atoms. The van der Waals surface area contributed by atoms with Crippen molar-refractivity contribution >= 4 is 34.5 Å². The Morgan fingerprint density at radius 3 is 2.67 bits per heavy atom. The Labute approximate surface area is 115 Å². The molecular formula is C10H7Cl2FN2O2S. The predicted molar refractivity (Wildman–Crippen MR) is 69.3 cm³/mol. The Bertz CT molecular complexity index is 692. The molecule has 2 heterocycles. The van der Waals surface area contributed by atoms with Crippen LogP contribution in [0.15, 0.2) is 21.7 Å². The average Bonchev–Trinajstić information content (AvgIpc) is 2.72. The summed E-state index contributed by atoms with van der Waals surface area (Å²) in [7, 11) is 0. The average molecular weight is 309 g/mol. The van der Waals surface area contributed by atoms with Gasteiger partial charge in [0.15, 0.2) is 5.15 Å². The predicted octanol–water partition coefficient (Wildman–Crippen LogP) is 2.29. The molecule has 0 aromatic carbocycles. The Balaban J connectivity index is 2.28. The van der Waals surface area contributed by atoms with Gasteiger partial charge in [-0.1, -0.05) is 23.2 Å². The van der Waals surface area contributed by atoms with Crippen LogP contribution in [0.5, 0.6) is 0 Å². The number of aromatic amines is 1. The summed E-state index contributed by atoms with van der Waals surface area (Å²) < 4.78 is 14.6. The lowest BCUT2D eigenvalue weighted by atomic mass is 10.3. The van der Waals surface area contributed by atoms with E-state index in [0.29, 0.717) is 10.8 Å². The summed E-state index contributed by atoms with van der Waals surface area (Å²) in [5, 5.41) is -0.569. The minimum Gasteiger partial charge on any atom is -0.295 e. The van der Waals surface area contributed by atoms with Crippen molar-refractivity contribution in [3.05, 3.63) is 53.2 Å². The van der Waals surface area contributed by atoms with Crippen LogP contribution in [0.2, 0.25) is 9.49 Å². The molecule has 0 radical (unpaired) electrons. The van der Waals surface area contributed by atoms with Gasteiger partial charge >= 0.3 is 5.69 Å². The smallest absolute Gasteiger partial charge is 0.295 e. The first-order valence-corrected chi connectivity index (χ1v) is 6.48. The number of halogens is 3. The monoisotopic (exact) mass is 308 g/mol. The lowest BCUT2D eigenvalue weighted by molar-refractivity contribution is 0.540. The van der Waals surface area contributed by atoms with Crippen LogP contribution in [-0.2, 0) is 13.0 Å². The molecule has 0 saturated heterocycles. The zero-order chi connectivity index (χ0) is 13.3. The molecule has 0 fully saturated rings. The Morgan fingerprint density at radius 1 is 1.33 bits per heavy atom. The summed E-state index contributed by atoms with van der Waals surface area (Å²) in [6, 6.07) is 3.51. The second kappa shape index (κ2) is 5.26. The molecule has 8 heteroatoms. The van der Waals surface area contributed by atoms with E-state index in [1.807, 2.05) is 0 Å². The van der Waals surface area contributed by atoms with Crippen LogP contribution >= 0.6 is 34.5 Å². The van der Waals surface area contributed by atoms with E-state index < -0.39 is 22.2 Å². The molecule has 0 atom stereocenters. The van der Waals surface area contributed by atoms with Crippen LogP contribution in [0.1, 0.15) is 4.88 Å². The molecule has 96 valence electrons. The van der Waals surface area contributed by atoms with Crippen molar-refractivity contribution in [2.45, 2.75) is 13.0 Å². The number of aryl methyl sites for hydroxylation is 1. The third-order valence-electron chi connectivity index (χ3n) is 2.30. The number of rotatable bonds is 3. The van der Waals surface area contributed by atoms with E-state index in [-0.39, 0.29) is 6.54 Å². The van der Waals surface area contributed by atoms with Crippen LogP contribution in [0.25, 0.3) is 0 Å². The van der Waals surface area contributed by atoms with Gasteiger partial charge in [0.25, 0.3) is 5.56 Å². The molecule has 0 aliphatic heterocycles. The number of aromatic nitrogens is 2. The van der Waals surface area contributed by atoms with Gasteiger partial charge in [0.05, 0.1) is 4.34 Å². The van der Waals surface area contributed by atoms with Crippen molar-refractivity contribution in [1.29, 1.82) is 0 Å². The molecular weight excluding hydrogens is 302 g/mol. The van der Waals surface area contributed by atoms with Crippen LogP contribution in [0.4, 0.5) is 4.39 Å². The van der Waals surface area contributed by atoms with Gasteiger partial charge in [-0.15, -0.1) is 11.3 Å². The maximum absolute atomic E-state index is 13.2. The fraction of sp³-hybridized carbons (Fsp3) is 0.200. The first-order valence-electron chi connectivity index (χ1n) is 4.91. The molecule has 0 aliphatic rings. The van der Waals surface area contributed by atoms with E-state index in [9.17, 15) is 14.0 Å². The minimum absolute atomic E-state index is 0.0685. The van der Waals surface area contributed by atoms with E-state index in [4.69, 9.17) is 23.2 Å². The van der Waals surface area contributed by atoms with Gasteiger partial charge < -0.3 is 0 Å². The lowest BCUT2D eigenvalue weighted by Crippen LogP contribution is -2.37. The van der Waals surface area contributed by atoms with Gasteiger partial charge in [-0.25, -0.2) is 4.79 Å². The minimum atomic E-state index is -1.15. The summed E-state index contributed by atoms with van der Waals surface area (Å²) in [6.07, 6.45) is 0.418. The molecule has 18 heavy (non-hydrogen) atoms. The highest BCUT2D eigenvalue weighted by Gasteiger charge is 2.12. The second-order valence-corrected chi connectivity index (χ2v) is 5.65. The highest BCUT2D eigenvalue weighted by molar-refractivity contribution is 7.16. The van der Waals surface area contributed by atoms with Crippen molar-refractivity contribution in [3.63, 3.8) is 0 Å². The topological polar surface area (TPSA) is 54.9 Å². The summed E-state index contributed by atoms with van der Waals surface area (Å²) in [6.45, 7) is 0.0685. The first-order chi connectivity index (χ1) is 8.49. The third kappa shape index (κ3) is 2.66. The van der Waals surface area contributed by atoms with Crippen molar-refractivity contribution in [2.24, 2.45) is 0 Å². The quantitative estimate of drug-likeness (QED) is 0.885. The number of H-pyrrole nitrogens is 1. The van der Waals surface area contributed by atoms with Crippen LogP contribution in [0.3, 0.4) is 0 Å². The zero-order valence-electron chi connectivity index (χ0n) is 8.87. The molecule has 0 amide bonds. The maximum Gasteiger partial charge on any atom is 0.329 e. The summed E-state index contributed by atoms with van der Waals surface area (Å²) in [4.78, 5) is 25.9. The second-order valence-electron chi connectivity index (χ2n) is 3.47. The van der Waals surface area contributed by atoms with E-state index in [1.165, 1.54) is 11.3 Å². The molecule has 2 aromatic rings. The van der Waals surface area contributed by atoms with E-state index in [2.05, 4.69) is 4.98 Å². The lowest BCUT2D eigenvalue weighted by Gasteiger charge is -2.03. The molecule has 1 N–H and O–H groups in total. The highest BCUT2D eigenvalue weighted by Crippen LogP contribution is 2.21. The number of nitrogens with zero attached hydrogens (tertiary/aromatic N) is 1. The Morgan fingerprint density at radius 2 is 2.06 bits per heavy atom. The third-order valence-corrected chi connectivity index (χ3v) is 3.85. The van der Waals surface area contributed by atoms with Crippen molar-refractivity contribution in [1.82, 2.24) is 9.55 Å². The maximum atomic E-state index is 13.2. The first kappa shape index (κ1) is 13.3. The molecule has 2 aromatic heterocycles. The van der Waals surface area contributed by atoms with Crippen LogP contribution < -0.4 is 11.2 Å². The van der Waals surface area contributed by atoms with Gasteiger partial charge in [0.1, 0.15) is 0 Å². The fourth-order valence-corrected chi connectivity index (χ4v) is 2.67. The van der Waals surface area contributed by atoms with Crippen molar-refractivity contribution in [2.75, 3.05) is 0 Å². The normalized spacial score (nSPS) is 10.8. The van der Waals surface area contributed by atoms with Crippen molar-refractivity contribution < 1.29 is 4.39 Å². The van der Waals surface area contributed by atoms with Gasteiger partial charge in [-0.05, 0) is 12.1 Å². The molecule has 0 aliphatic carbocycles. The van der Waals surface area contributed by atoms with E-state index in [0.717, 1.165) is 9.44 Å². The summed E-state index contributed by atoms with van der Waals surface area (Å²) in [5.74, 6) is -1.15. The van der Waals surface area contributed by atoms with Crippen LogP contribution in [0, 0.1) is 5.82 Å². The number of nitrogens with one attached hydrogen (secondary N) is 1. The molecule has 0 spiro atoms. The van der Waals surface area contributed by atoms with E-state index >= 15 is 0 Å². The van der Waals surface area contributed by atoms with Gasteiger partial charge in [0, 0.05) is 17.8 Å². The molecule has 0 saturated carbocycles. The Kier molecular flexibility index (Phi) is 3.89. The summed E-state index contributed by atoms with van der Waals surface area (Å²) >= 11 is 12.5. The molecule has 2 rings (SSSR count). The molecule has 0 unspecified atom stereocenters. The summed E-state index contributed by atoms with van der Waals surface area (Å²) in [5.41, 5.74) is -1.75. The SMILES string of the molecule is O=c1[nH]c(Cl)c(F)c(=O)n1CCc1ccc(Cl)s1. The Hall–Kier alpha value is -1.11. The van der Waals surface area contributed by atoms with Gasteiger partial charge in [-0.3, -0.25) is 14.3 Å². The number of hydrogen-bond donors (Lipinski definition) is 1. The standard InChI is InChI=1S/C10H7Cl2FN2O2S/c11-6-2-1-5(18-6)3-4-15-9(16)7(13)8(12)14-10(15)17/h1-2H,3-4H2,(H,14,17). The van der Waals surface area contributed by atoms with Gasteiger partial charge in [0.2, 0.25) is 5.82 Å². The fourth-order valence-electron chi connectivity index (χ4n) is 1.43. The van der Waals surface area contributed by atoms with Crippen LogP contribution in [-0.4, -0.2) is 9.55 Å². The van der Waals surface area contributed by atoms with Gasteiger partial charge in [-0.2, -0.15) is 4.39 Å². The van der Waals surface area contributed by atoms with E-state index in [1.54, 1.807) is 12.1 Å². The number of hydrogen-bond acceptors (Lipinski definition) is 3. The zero-order valence-corrected chi connectivity index (χ0v) is 11.2.